The van der Waals surface area contributed by atoms with Crippen LogP contribution in [0.3, 0.4) is 0 Å². The molecule has 0 fully saturated rings. The second-order valence-electron chi connectivity index (χ2n) is 3.61. The number of benzene rings is 1. The van der Waals surface area contributed by atoms with Gasteiger partial charge in [-0.15, -0.1) is 0 Å². The Bertz CT molecular complexity index is 317. The second kappa shape index (κ2) is 4.60. The summed E-state index contributed by atoms with van der Waals surface area (Å²) in [4.78, 5) is 11.0. The highest BCUT2D eigenvalue weighted by atomic mass is 79.9. The molecule has 1 aromatic carbocycles. The molecule has 0 aliphatic carbocycles. The Kier molecular flexibility index (Phi) is 3.69. The first kappa shape index (κ1) is 11.2. The average molecular weight is 257 g/mol. The van der Waals surface area contributed by atoms with Crippen molar-refractivity contribution in [1.29, 1.82) is 0 Å². The lowest BCUT2D eigenvalue weighted by molar-refractivity contribution is -0.139. The van der Waals surface area contributed by atoms with Gasteiger partial charge < -0.3 is 5.11 Å². The molecule has 1 unspecified atom stereocenters. The van der Waals surface area contributed by atoms with E-state index in [1.807, 2.05) is 38.1 Å². The van der Waals surface area contributed by atoms with Gasteiger partial charge in [0.15, 0.2) is 0 Å². The summed E-state index contributed by atoms with van der Waals surface area (Å²) in [5.41, 5.74) is 0.857. The molecule has 0 heterocycles. The zero-order valence-corrected chi connectivity index (χ0v) is 9.78. The molecular weight excluding hydrogens is 244 g/mol. The quantitative estimate of drug-likeness (QED) is 0.902. The van der Waals surface area contributed by atoms with Gasteiger partial charge in [-0.1, -0.05) is 41.9 Å². The molecule has 0 aliphatic rings. The lowest BCUT2D eigenvalue weighted by Crippen LogP contribution is -2.17. The molecule has 1 aromatic rings. The maximum atomic E-state index is 11.0. The van der Waals surface area contributed by atoms with Crippen molar-refractivity contribution in [2.75, 3.05) is 0 Å². The summed E-state index contributed by atoms with van der Waals surface area (Å²) in [5.74, 6) is -1.07. The molecule has 2 nitrogen and oxygen atoms in total. The summed E-state index contributed by atoms with van der Waals surface area (Å²) >= 11 is 3.32. The fourth-order valence-electron chi connectivity index (χ4n) is 1.48. The number of hydrogen-bond acceptors (Lipinski definition) is 1. The highest BCUT2D eigenvalue weighted by molar-refractivity contribution is 9.10. The third-order valence-corrected chi connectivity index (χ3v) is 2.69. The van der Waals surface area contributed by atoms with Crippen molar-refractivity contribution in [3.05, 3.63) is 34.3 Å². The first-order chi connectivity index (χ1) is 6.52. The third-order valence-electron chi connectivity index (χ3n) is 2.16. The topological polar surface area (TPSA) is 37.3 Å². The van der Waals surface area contributed by atoms with Gasteiger partial charge in [0.1, 0.15) is 0 Å². The van der Waals surface area contributed by atoms with Gasteiger partial charge in [0.25, 0.3) is 0 Å². The summed E-state index contributed by atoms with van der Waals surface area (Å²) < 4.78 is 0.967. The Morgan fingerprint density at radius 1 is 1.29 bits per heavy atom. The number of rotatable bonds is 3. The van der Waals surface area contributed by atoms with E-state index in [4.69, 9.17) is 5.11 Å². The molecule has 0 saturated heterocycles. The van der Waals surface area contributed by atoms with Crippen LogP contribution in [0, 0.1) is 5.92 Å². The van der Waals surface area contributed by atoms with E-state index in [2.05, 4.69) is 15.9 Å². The Morgan fingerprint density at radius 3 is 2.14 bits per heavy atom. The van der Waals surface area contributed by atoms with E-state index in [9.17, 15) is 4.79 Å². The molecule has 0 saturated carbocycles. The number of carboxylic acid groups (broad SMARTS) is 1. The van der Waals surface area contributed by atoms with Crippen LogP contribution < -0.4 is 0 Å². The predicted molar refractivity (Wildman–Crippen MR) is 59.4 cm³/mol. The summed E-state index contributed by atoms with van der Waals surface area (Å²) in [6.07, 6.45) is 0. The van der Waals surface area contributed by atoms with E-state index < -0.39 is 11.9 Å². The van der Waals surface area contributed by atoms with Crippen LogP contribution in [0.5, 0.6) is 0 Å². The average Bonchev–Trinajstić information content (AvgIpc) is 2.07. The van der Waals surface area contributed by atoms with E-state index in [-0.39, 0.29) is 5.92 Å². The zero-order chi connectivity index (χ0) is 10.7. The van der Waals surface area contributed by atoms with Crippen LogP contribution in [0.1, 0.15) is 25.3 Å². The SMILES string of the molecule is CC(C)C(C(=O)O)c1ccc(Br)cc1. The Labute approximate surface area is 92.1 Å². The second-order valence-corrected chi connectivity index (χ2v) is 4.53. The monoisotopic (exact) mass is 256 g/mol. The summed E-state index contributed by atoms with van der Waals surface area (Å²) in [6, 6.07) is 7.44. The highest BCUT2D eigenvalue weighted by Crippen LogP contribution is 2.25. The number of halogens is 1. The largest absolute Gasteiger partial charge is 0.481 e. The summed E-state index contributed by atoms with van der Waals surface area (Å²) in [5, 5.41) is 9.05. The Morgan fingerprint density at radius 2 is 1.79 bits per heavy atom. The molecule has 1 rings (SSSR count). The van der Waals surface area contributed by atoms with Crippen LogP contribution in [-0.4, -0.2) is 11.1 Å². The normalized spacial score (nSPS) is 12.9. The van der Waals surface area contributed by atoms with E-state index in [1.54, 1.807) is 0 Å². The molecule has 0 amide bonds. The molecule has 0 radical (unpaired) electrons. The molecule has 0 aliphatic heterocycles. The van der Waals surface area contributed by atoms with Gasteiger partial charge in [-0.3, -0.25) is 4.79 Å². The van der Waals surface area contributed by atoms with Crippen molar-refractivity contribution in [2.45, 2.75) is 19.8 Å². The maximum absolute atomic E-state index is 11.0. The number of carboxylic acids is 1. The lowest BCUT2D eigenvalue weighted by atomic mass is 9.89. The Hall–Kier alpha value is -0.830. The van der Waals surface area contributed by atoms with Crippen LogP contribution in [0.25, 0.3) is 0 Å². The van der Waals surface area contributed by atoms with E-state index in [0.717, 1.165) is 10.0 Å². The number of carbonyl (C=O) groups is 1. The zero-order valence-electron chi connectivity index (χ0n) is 8.20. The standard InChI is InChI=1S/C11H13BrO2/c1-7(2)10(11(13)14)8-3-5-9(12)6-4-8/h3-7,10H,1-2H3,(H,13,14). The first-order valence-electron chi connectivity index (χ1n) is 4.50. The minimum atomic E-state index is -0.762. The van der Waals surface area contributed by atoms with Crippen molar-refractivity contribution in [3.8, 4) is 0 Å². The minimum Gasteiger partial charge on any atom is -0.481 e. The van der Waals surface area contributed by atoms with Gasteiger partial charge in [0, 0.05) is 4.47 Å². The van der Waals surface area contributed by atoms with Crippen LogP contribution in [0.2, 0.25) is 0 Å². The molecule has 1 atom stereocenters. The van der Waals surface area contributed by atoms with E-state index >= 15 is 0 Å². The summed E-state index contributed by atoms with van der Waals surface area (Å²) in [6.45, 7) is 3.83. The number of aliphatic carboxylic acids is 1. The molecule has 76 valence electrons. The van der Waals surface area contributed by atoms with Gasteiger partial charge in [-0.2, -0.15) is 0 Å². The van der Waals surface area contributed by atoms with Gasteiger partial charge in [-0.05, 0) is 23.6 Å². The van der Waals surface area contributed by atoms with Crippen molar-refractivity contribution in [1.82, 2.24) is 0 Å². The third kappa shape index (κ3) is 2.58. The lowest BCUT2D eigenvalue weighted by Gasteiger charge is -2.16. The molecule has 14 heavy (non-hydrogen) atoms. The van der Waals surface area contributed by atoms with E-state index in [1.165, 1.54) is 0 Å². The highest BCUT2D eigenvalue weighted by Gasteiger charge is 2.22. The van der Waals surface area contributed by atoms with Gasteiger partial charge in [0.05, 0.1) is 5.92 Å². The number of hydrogen-bond donors (Lipinski definition) is 1. The fourth-order valence-corrected chi connectivity index (χ4v) is 1.75. The smallest absolute Gasteiger partial charge is 0.311 e. The van der Waals surface area contributed by atoms with Crippen molar-refractivity contribution >= 4 is 21.9 Å². The van der Waals surface area contributed by atoms with Gasteiger partial charge in [-0.25, -0.2) is 0 Å². The van der Waals surface area contributed by atoms with Crippen LogP contribution in [0.15, 0.2) is 28.7 Å². The summed E-state index contributed by atoms with van der Waals surface area (Å²) in [7, 11) is 0. The minimum absolute atomic E-state index is 0.105. The van der Waals surface area contributed by atoms with E-state index in [0.29, 0.717) is 0 Å². The Balaban J connectivity index is 3.00. The van der Waals surface area contributed by atoms with Crippen molar-refractivity contribution in [3.63, 3.8) is 0 Å². The molecule has 1 N–H and O–H groups in total. The molecule has 0 aromatic heterocycles. The molecule has 0 bridgehead atoms. The van der Waals surface area contributed by atoms with Gasteiger partial charge in [0.2, 0.25) is 0 Å². The first-order valence-corrected chi connectivity index (χ1v) is 5.30. The van der Waals surface area contributed by atoms with Crippen LogP contribution in [-0.2, 0) is 4.79 Å². The van der Waals surface area contributed by atoms with Gasteiger partial charge >= 0.3 is 5.97 Å². The molecular formula is C11H13BrO2. The molecule has 3 heteroatoms. The van der Waals surface area contributed by atoms with Crippen LogP contribution in [0.4, 0.5) is 0 Å². The predicted octanol–water partition coefficient (Wildman–Crippen LogP) is 3.27. The molecule has 0 spiro atoms. The maximum Gasteiger partial charge on any atom is 0.311 e. The van der Waals surface area contributed by atoms with Crippen molar-refractivity contribution in [2.24, 2.45) is 5.92 Å². The van der Waals surface area contributed by atoms with Crippen LogP contribution >= 0.6 is 15.9 Å². The van der Waals surface area contributed by atoms with Crippen molar-refractivity contribution < 1.29 is 9.90 Å². The fraction of sp³-hybridized carbons (Fsp3) is 0.364.